The lowest BCUT2D eigenvalue weighted by Crippen LogP contribution is -2.31. The van der Waals surface area contributed by atoms with E-state index in [-0.39, 0.29) is 18.4 Å². The van der Waals surface area contributed by atoms with Crippen molar-refractivity contribution in [1.29, 1.82) is 0 Å². The van der Waals surface area contributed by atoms with Crippen LogP contribution in [0.4, 0.5) is 0 Å². The van der Waals surface area contributed by atoms with Crippen molar-refractivity contribution >= 4 is 10.0 Å². The number of hydrogen-bond donors (Lipinski definition) is 1. The molecule has 0 radical (unpaired) electrons. The second kappa shape index (κ2) is 7.04. The van der Waals surface area contributed by atoms with Crippen molar-refractivity contribution in [3.63, 3.8) is 0 Å². The van der Waals surface area contributed by atoms with E-state index >= 15 is 0 Å². The lowest BCUT2D eigenvalue weighted by Gasteiger charge is -2.13. The molecule has 1 aromatic carbocycles. The van der Waals surface area contributed by atoms with Gasteiger partial charge in [-0.3, -0.25) is 0 Å². The van der Waals surface area contributed by atoms with Gasteiger partial charge in [-0.15, -0.1) is 0 Å². The van der Waals surface area contributed by atoms with Gasteiger partial charge in [0.1, 0.15) is 0 Å². The number of rotatable bonds is 7. The molecule has 0 unspecified atom stereocenters. The molecule has 0 bridgehead atoms. The molecule has 2 aromatic rings. The maximum atomic E-state index is 12.0. The smallest absolute Gasteiger partial charge is 0.214 e. The highest BCUT2D eigenvalue weighted by Gasteiger charge is 2.16. The van der Waals surface area contributed by atoms with Crippen LogP contribution in [0, 0.1) is 6.92 Å². The van der Waals surface area contributed by atoms with Gasteiger partial charge in [0.05, 0.1) is 23.2 Å². The Morgan fingerprint density at radius 2 is 2.05 bits per heavy atom. The summed E-state index contributed by atoms with van der Waals surface area (Å²) >= 11 is 0. The Bertz CT molecular complexity index is 725. The van der Waals surface area contributed by atoms with Crippen molar-refractivity contribution in [2.75, 3.05) is 12.9 Å². The van der Waals surface area contributed by atoms with E-state index in [1.54, 1.807) is 11.6 Å². The number of methoxy groups -OCH3 is 1. The molecule has 0 saturated carbocycles. The molecule has 0 aliphatic carbocycles. The minimum atomic E-state index is -3.39. The first-order valence-electron chi connectivity index (χ1n) is 7.02. The average Bonchev–Trinajstić information content (AvgIpc) is 2.91. The van der Waals surface area contributed by atoms with E-state index < -0.39 is 10.0 Å². The summed E-state index contributed by atoms with van der Waals surface area (Å²) in [5, 5.41) is 4.37. The third-order valence-electron chi connectivity index (χ3n) is 3.30. The molecular weight excluding hydrogens is 302 g/mol. The maximum absolute atomic E-state index is 12.0. The summed E-state index contributed by atoms with van der Waals surface area (Å²) in [4.78, 5) is 0. The standard InChI is InChI=1S/C15H21N3O3S/c1-12-8-9-18(17-12)15-7-5-4-6-14(15)10-16-22(19,20)11-13(2)21-3/h4-9,13,16H,10-11H2,1-3H3/t13-/m1/s1. The first-order chi connectivity index (χ1) is 10.4. The van der Waals surface area contributed by atoms with Crippen molar-refractivity contribution in [2.24, 2.45) is 0 Å². The van der Waals surface area contributed by atoms with Crippen molar-refractivity contribution in [3.8, 4) is 5.69 Å². The molecule has 0 spiro atoms. The molecule has 1 N–H and O–H groups in total. The van der Waals surface area contributed by atoms with Crippen LogP contribution in [0.5, 0.6) is 0 Å². The highest BCUT2D eigenvalue weighted by Crippen LogP contribution is 2.14. The Morgan fingerprint density at radius 3 is 2.68 bits per heavy atom. The number of nitrogens with zero attached hydrogens (tertiary/aromatic N) is 2. The summed E-state index contributed by atoms with van der Waals surface area (Å²) in [5.41, 5.74) is 2.63. The van der Waals surface area contributed by atoms with Gasteiger partial charge in [0, 0.05) is 19.9 Å². The van der Waals surface area contributed by atoms with E-state index in [4.69, 9.17) is 4.74 Å². The first kappa shape index (κ1) is 16.7. The predicted molar refractivity (Wildman–Crippen MR) is 85.4 cm³/mol. The molecule has 0 aliphatic rings. The Morgan fingerprint density at radius 1 is 1.32 bits per heavy atom. The molecule has 7 heteroatoms. The first-order valence-corrected chi connectivity index (χ1v) is 8.67. The van der Waals surface area contributed by atoms with E-state index in [1.165, 1.54) is 7.11 Å². The summed E-state index contributed by atoms with van der Waals surface area (Å²) in [6, 6.07) is 9.47. The number of ether oxygens (including phenoxy) is 1. The largest absolute Gasteiger partial charge is 0.381 e. The molecule has 22 heavy (non-hydrogen) atoms. The number of nitrogens with one attached hydrogen (secondary N) is 1. The summed E-state index contributed by atoms with van der Waals surface area (Å²) in [6.07, 6.45) is 1.51. The van der Waals surface area contributed by atoms with Gasteiger partial charge in [-0.2, -0.15) is 5.10 Å². The lowest BCUT2D eigenvalue weighted by molar-refractivity contribution is 0.136. The molecule has 0 fully saturated rings. The SMILES string of the molecule is CO[C@H](C)CS(=O)(=O)NCc1ccccc1-n1ccc(C)n1. The molecule has 120 valence electrons. The van der Waals surface area contributed by atoms with Crippen LogP contribution in [0.25, 0.3) is 5.69 Å². The zero-order valence-electron chi connectivity index (χ0n) is 13.0. The maximum Gasteiger partial charge on any atom is 0.214 e. The molecule has 0 amide bonds. The molecule has 2 rings (SSSR count). The Kier molecular flexibility index (Phi) is 5.33. The van der Waals surface area contributed by atoms with E-state index in [0.29, 0.717) is 0 Å². The third kappa shape index (κ3) is 4.40. The second-order valence-corrected chi connectivity index (χ2v) is 7.03. The van der Waals surface area contributed by atoms with Gasteiger partial charge in [0.15, 0.2) is 0 Å². The Balaban J connectivity index is 2.14. The van der Waals surface area contributed by atoms with Gasteiger partial charge in [-0.25, -0.2) is 17.8 Å². The zero-order chi connectivity index (χ0) is 16.2. The second-order valence-electron chi connectivity index (χ2n) is 5.18. The van der Waals surface area contributed by atoms with Crippen LogP contribution < -0.4 is 4.72 Å². The van der Waals surface area contributed by atoms with E-state index in [1.807, 2.05) is 43.5 Å². The minimum absolute atomic E-state index is 0.0630. The van der Waals surface area contributed by atoms with Crippen LogP contribution in [0.1, 0.15) is 18.2 Å². The van der Waals surface area contributed by atoms with Crippen molar-refractivity contribution in [1.82, 2.24) is 14.5 Å². The number of hydrogen-bond acceptors (Lipinski definition) is 4. The van der Waals surface area contributed by atoms with Crippen LogP contribution in [-0.2, 0) is 21.3 Å². The predicted octanol–water partition coefficient (Wildman–Crippen LogP) is 1.64. The number of para-hydroxylation sites is 1. The third-order valence-corrected chi connectivity index (χ3v) is 4.79. The quantitative estimate of drug-likeness (QED) is 0.840. The van der Waals surface area contributed by atoms with Crippen LogP contribution in [0.2, 0.25) is 0 Å². The Hall–Kier alpha value is -1.70. The van der Waals surface area contributed by atoms with Gasteiger partial charge in [0.2, 0.25) is 10.0 Å². The summed E-state index contributed by atoms with van der Waals surface area (Å²) < 4.78 is 33.4. The van der Waals surface area contributed by atoms with Gasteiger partial charge in [0.25, 0.3) is 0 Å². The monoisotopic (exact) mass is 323 g/mol. The van der Waals surface area contributed by atoms with Gasteiger partial charge in [-0.1, -0.05) is 18.2 Å². The lowest BCUT2D eigenvalue weighted by atomic mass is 10.2. The summed E-state index contributed by atoms with van der Waals surface area (Å²) in [5.74, 6) is -0.0630. The molecule has 1 atom stereocenters. The number of aryl methyl sites for hydroxylation is 1. The molecular formula is C15H21N3O3S. The minimum Gasteiger partial charge on any atom is -0.381 e. The van der Waals surface area contributed by atoms with Crippen molar-refractivity contribution in [3.05, 3.63) is 47.8 Å². The van der Waals surface area contributed by atoms with Crippen LogP contribution in [-0.4, -0.2) is 37.2 Å². The molecule has 1 aromatic heterocycles. The normalized spacial score (nSPS) is 13.2. The van der Waals surface area contributed by atoms with Crippen molar-refractivity contribution in [2.45, 2.75) is 26.5 Å². The van der Waals surface area contributed by atoms with Crippen molar-refractivity contribution < 1.29 is 13.2 Å². The summed E-state index contributed by atoms with van der Waals surface area (Å²) in [7, 11) is -1.89. The van der Waals surface area contributed by atoms with Gasteiger partial charge >= 0.3 is 0 Å². The molecule has 0 aliphatic heterocycles. The fraction of sp³-hybridized carbons (Fsp3) is 0.400. The highest BCUT2D eigenvalue weighted by atomic mass is 32.2. The fourth-order valence-corrected chi connectivity index (χ4v) is 3.30. The number of aromatic nitrogens is 2. The van der Waals surface area contributed by atoms with E-state index in [9.17, 15) is 8.42 Å². The van der Waals surface area contributed by atoms with Crippen LogP contribution in [0.15, 0.2) is 36.5 Å². The van der Waals surface area contributed by atoms with Gasteiger partial charge < -0.3 is 4.74 Å². The Labute approximate surface area is 131 Å². The highest BCUT2D eigenvalue weighted by molar-refractivity contribution is 7.89. The fourth-order valence-electron chi connectivity index (χ4n) is 2.06. The number of benzene rings is 1. The average molecular weight is 323 g/mol. The number of sulfonamides is 1. The molecule has 1 heterocycles. The topological polar surface area (TPSA) is 73.2 Å². The van der Waals surface area contributed by atoms with Crippen LogP contribution in [0.3, 0.4) is 0 Å². The van der Waals surface area contributed by atoms with Gasteiger partial charge in [-0.05, 0) is 31.5 Å². The molecule has 0 saturated heterocycles. The van der Waals surface area contributed by atoms with E-state index in [2.05, 4.69) is 9.82 Å². The van der Waals surface area contributed by atoms with E-state index in [0.717, 1.165) is 16.9 Å². The summed E-state index contributed by atoms with van der Waals surface area (Å²) in [6.45, 7) is 3.85. The zero-order valence-corrected chi connectivity index (χ0v) is 13.8. The molecule has 6 nitrogen and oxygen atoms in total. The van der Waals surface area contributed by atoms with Crippen LogP contribution >= 0.6 is 0 Å².